The van der Waals surface area contributed by atoms with Gasteiger partial charge in [-0.25, -0.2) is 14.8 Å². The molecule has 6 heteroatoms. The number of nitrogens with zero attached hydrogens (tertiary/aromatic N) is 4. The fourth-order valence-electron chi connectivity index (χ4n) is 3.49. The Labute approximate surface area is 158 Å². The van der Waals surface area contributed by atoms with Gasteiger partial charge in [0.1, 0.15) is 18.1 Å². The lowest BCUT2D eigenvalue weighted by atomic mass is 10.2. The maximum atomic E-state index is 12.3. The Balaban J connectivity index is 1.39. The first kappa shape index (κ1) is 17.5. The average molecular weight is 364 g/mol. The van der Waals surface area contributed by atoms with Gasteiger partial charge in [-0.3, -0.25) is 0 Å². The normalized spacial score (nSPS) is 14.9. The molecule has 0 N–H and O–H groups in total. The van der Waals surface area contributed by atoms with Crippen LogP contribution in [0.1, 0.15) is 47.3 Å². The Kier molecular flexibility index (Phi) is 5.05. The molecule has 0 amide bonds. The minimum absolute atomic E-state index is 0.147. The summed E-state index contributed by atoms with van der Waals surface area (Å²) >= 11 is 0. The second kappa shape index (κ2) is 7.78. The van der Waals surface area contributed by atoms with Crippen LogP contribution in [0.5, 0.6) is 0 Å². The molecule has 0 atom stereocenters. The van der Waals surface area contributed by atoms with Crippen molar-refractivity contribution in [3.63, 3.8) is 0 Å². The molecule has 27 heavy (non-hydrogen) atoms. The van der Waals surface area contributed by atoms with Gasteiger partial charge in [-0.05, 0) is 43.5 Å². The summed E-state index contributed by atoms with van der Waals surface area (Å²) in [5.74, 6) is 0.558. The zero-order chi connectivity index (χ0) is 18.6. The molecule has 1 aliphatic rings. The summed E-state index contributed by atoms with van der Waals surface area (Å²) in [7, 11) is 0. The summed E-state index contributed by atoms with van der Waals surface area (Å²) in [6.07, 6.45) is 10.4. The van der Waals surface area contributed by atoms with Gasteiger partial charge in [0, 0.05) is 31.7 Å². The summed E-state index contributed by atoms with van der Waals surface area (Å²) in [5.41, 5.74) is 3.16. The molecule has 140 valence electrons. The predicted octanol–water partition coefficient (Wildman–Crippen LogP) is 3.78. The third kappa shape index (κ3) is 3.94. The Hall–Kier alpha value is -2.89. The first-order valence-corrected chi connectivity index (χ1v) is 9.52. The van der Waals surface area contributed by atoms with Crippen molar-refractivity contribution in [1.82, 2.24) is 14.4 Å². The molecule has 0 aromatic carbocycles. The van der Waals surface area contributed by atoms with Crippen molar-refractivity contribution < 1.29 is 9.53 Å². The summed E-state index contributed by atoms with van der Waals surface area (Å²) in [6, 6.07) is 7.69. The van der Waals surface area contributed by atoms with Crippen molar-refractivity contribution in [2.24, 2.45) is 0 Å². The number of pyridine rings is 2. The van der Waals surface area contributed by atoms with Gasteiger partial charge >= 0.3 is 5.97 Å². The number of aromatic nitrogens is 3. The van der Waals surface area contributed by atoms with E-state index in [4.69, 9.17) is 4.74 Å². The number of fused-ring (bicyclic) bond motifs is 1. The largest absolute Gasteiger partial charge is 0.455 e. The third-order valence-electron chi connectivity index (χ3n) is 4.99. The lowest BCUT2D eigenvalue weighted by Crippen LogP contribution is -2.24. The second-order valence-corrected chi connectivity index (χ2v) is 7.04. The quantitative estimate of drug-likeness (QED) is 0.660. The van der Waals surface area contributed by atoms with Gasteiger partial charge in [-0.2, -0.15) is 0 Å². The molecule has 0 bridgehead atoms. The predicted molar refractivity (Wildman–Crippen MR) is 104 cm³/mol. The molecule has 1 aliphatic heterocycles. The molecule has 4 rings (SSSR count). The molecule has 4 heterocycles. The first-order chi connectivity index (χ1) is 13.2. The van der Waals surface area contributed by atoms with E-state index in [0.29, 0.717) is 5.56 Å². The van der Waals surface area contributed by atoms with Gasteiger partial charge in [0.15, 0.2) is 0 Å². The maximum Gasteiger partial charge on any atom is 0.340 e. The van der Waals surface area contributed by atoms with E-state index in [-0.39, 0.29) is 12.6 Å². The zero-order valence-corrected chi connectivity index (χ0v) is 15.6. The van der Waals surface area contributed by atoms with E-state index < -0.39 is 0 Å². The van der Waals surface area contributed by atoms with Gasteiger partial charge in [-0.1, -0.05) is 18.9 Å². The Bertz CT molecular complexity index is 925. The van der Waals surface area contributed by atoms with Gasteiger partial charge in [0.25, 0.3) is 0 Å². The molecule has 3 aromatic rings. The van der Waals surface area contributed by atoms with E-state index >= 15 is 0 Å². The number of imidazole rings is 1. The molecule has 0 radical (unpaired) electrons. The van der Waals surface area contributed by atoms with Crippen LogP contribution in [0.25, 0.3) is 5.65 Å². The highest BCUT2D eigenvalue weighted by Crippen LogP contribution is 2.18. The molecular weight excluding hydrogens is 340 g/mol. The van der Waals surface area contributed by atoms with E-state index in [1.54, 1.807) is 12.3 Å². The first-order valence-electron chi connectivity index (χ1n) is 9.52. The van der Waals surface area contributed by atoms with Gasteiger partial charge in [0.05, 0.1) is 11.3 Å². The molecule has 0 saturated carbocycles. The highest BCUT2D eigenvalue weighted by molar-refractivity contribution is 5.89. The van der Waals surface area contributed by atoms with Crippen LogP contribution in [-0.2, 0) is 11.3 Å². The van der Waals surface area contributed by atoms with Crippen LogP contribution in [0, 0.1) is 6.92 Å². The minimum atomic E-state index is -0.376. The van der Waals surface area contributed by atoms with E-state index in [1.165, 1.54) is 25.7 Å². The fraction of sp³-hybridized carbons (Fsp3) is 0.381. The monoisotopic (exact) mass is 364 g/mol. The highest BCUT2D eigenvalue weighted by atomic mass is 16.5. The van der Waals surface area contributed by atoms with Crippen LogP contribution in [-0.4, -0.2) is 33.4 Å². The lowest BCUT2D eigenvalue weighted by molar-refractivity contribution is 0.0468. The number of anilines is 1. The van der Waals surface area contributed by atoms with Crippen molar-refractivity contribution in [3.05, 3.63) is 59.7 Å². The molecule has 0 spiro atoms. The van der Waals surface area contributed by atoms with Crippen LogP contribution in [0.2, 0.25) is 0 Å². The fourth-order valence-corrected chi connectivity index (χ4v) is 3.49. The number of esters is 1. The van der Waals surface area contributed by atoms with Crippen LogP contribution < -0.4 is 4.90 Å². The molecule has 3 aromatic heterocycles. The van der Waals surface area contributed by atoms with E-state index in [2.05, 4.69) is 14.9 Å². The van der Waals surface area contributed by atoms with E-state index in [9.17, 15) is 4.79 Å². The zero-order valence-electron chi connectivity index (χ0n) is 15.6. The SMILES string of the molecule is Cc1cccn2cc(COC(=O)c3ccc(N4CCCCCC4)nc3)nc12. The van der Waals surface area contributed by atoms with Crippen molar-refractivity contribution >= 4 is 17.4 Å². The average Bonchev–Trinajstić information content (AvgIpc) is 2.93. The number of hydrogen-bond acceptors (Lipinski definition) is 5. The summed E-state index contributed by atoms with van der Waals surface area (Å²) in [4.78, 5) is 23.6. The van der Waals surface area contributed by atoms with Crippen molar-refractivity contribution in [1.29, 1.82) is 0 Å². The van der Waals surface area contributed by atoms with Gasteiger partial charge in [-0.15, -0.1) is 0 Å². The van der Waals surface area contributed by atoms with E-state index in [0.717, 1.165) is 35.8 Å². The summed E-state index contributed by atoms with van der Waals surface area (Å²) in [6.45, 7) is 4.22. The Morgan fingerprint density at radius 1 is 1.15 bits per heavy atom. The number of aryl methyl sites for hydroxylation is 1. The standard InChI is InChI=1S/C21H24N4O2/c1-16-7-6-12-25-14-18(23-20(16)25)15-27-21(26)17-8-9-19(22-13-17)24-10-4-2-3-5-11-24/h6-9,12-14H,2-5,10-11,15H2,1H3. The number of carbonyl (C=O) groups excluding carboxylic acids is 1. The van der Waals surface area contributed by atoms with Crippen molar-refractivity contribution in [2.45, 2.75) is 39.2 Å². The van der Waals surface area contributed by atoms with Crippen LogP contribution >= 0.6 is 0 Å². The maximum absolute atomic E-state index is 12.3. The smallest absolute Gasteiger partial charge is 0.340 e. The third-order valence-corrected chi connectivity index (χ3v) is 4.99. The van der Waals surface area contributed by atoms with Crippen LogP contribution in [0.3, 0.4) is 0 Å². The molecule has 1 saturated heterocycles. The van der Waals surface area contributed by atoms with Crippen molar-refractivity contribution in [2.75, 3.05) is 18.0 Å². The summed E-state index contributed by atoms with van der Waals surface area (Å²) < 4.78 is 7.36. The molecule has 1 fully saturated rings. The lowest BCUT2D eigenvalue weighted by Gasteiger charge is -2.21. The van der Waals surface area contributed by atoms with E-state index in [1.807, 2.05) is 41.9 Å². The topological polar surface area (TPSA) is 59.7 Å². The van der Waals surface area contributed by atoms with Crippen LogP contribution in [0.15, 0.2) is 42.9 Å². The molecule has 0 unspecified atom stereocenters. The number of hydrogen-bond donors (Lipinski definition) is 0. The highest BCUT2D eigenvalue weighted by Gasteiger charge is 2.14. The molecule has 6 nitrogen and oxygen atoms in total. The van der Waals surface area contributed by atoms with Gasteiger partial charge in [0.2, 0.25) is 0 Å². The summed E-state index contributed by atoms with van der Waals surface area (Å²) in [5, 5.41) is 0. The number of rotatable bonds is 4. The Morgan fingerprint density at radius 2 is 1.96 bits per heavy atom. The van der Waals surface area contributed by atoms with Gasteiger partial charge < -0.3 is 14.0 Å². The second-order valence-electron chi connectivity index (χ2n) is 7.04. The van der Waals surface area contributed by atoms with Crippen molar-refractivity contribution in [3.8, 4) is 0 Å². The van der Waals surface area contributed by atoms with Crippen LogP contribution in [0.4, 0.5) is 5.82 Å². The minimum Gasteiger partial charge on any atom is -0.455 e. The number of ether oxygens (including phenoxy) is 1. The number of carbonyl (C=O) groups is 1. The molecule has 0 aliphatic carbocycles. The molecular formula is C21H24N4O2. The Morgan fingerprint density at radius 3 is 2.67 bits per heavy atom.